The van der Waals surface area contributed by atoms with Gasteiger partial charge in [-0.05, 0) is 74.1 Å². The monoisotopic (exact) mass is 695 g/mol. The first-order valence-electron chi connectivity index (χ1n) is 17.0. The molecule has 49 heavy (non-hydrogen) atoms. The minimum atomic E-state index is -3.88. The Labute approximate surface area is 286 Å². The zero-order valence-corrected chi connectivity index (χ0v) is 29.0. The van der Waals surface area contributed by atoms with Crippen LogP contribution in [-0.4, -0.2) is 84.2 Å². The number of carbonyl (C=O) groups is 4. The van der Waals surface area contributed by atoms with Crippen LogP contribution in [0.25, 0.3) is 10.9 Å². The highest BCUT2D eigenvalue weighted by Gasteiger charge is 2.62. The highest BCUT2D eigenvalue weighted by atomic mass is 32.2. The van der Waals surface area contributed by atoms with E-state index in [9.17, 15) is 27.6 Å². The van der Waals surface area contributed by atoms with Gasteiger partial charge in [-0.3, -0.25) is 24.1 Å². The summed E-state index contributed by atoms with van der Waals surface area (Å²) in [5.74, 6) is -1.90. The highest BCUT2D eigenvalue weighted by Crippen LogP contribution is 2.45. The number of aryl methyl sites for hydroxylation is 1. The third kappa shape index (κ3) is 7.38. The third-order valence-electron chi connectivity index (χ3n) is 9.87. The standard InChI is InChI=1S/C35H45N5O8S/c1-5-22-19-35(22,32(43)39-49(45,46)24-11-12-24)38-30(41)27-18-23-20-40(27)31(42)29(34(2,3)4)37-33(44)47-16-8-6-7-9-21-10-13-26-25(17-21)28(48-23)14-15-36-26/h5,10,13-15,17,22-24,27,29H,1,6-9,11-12,16,18-20H2,2-4H3,(H,37,44)(H,38,41)(H,39,43)/t22-,23-,27+,29-,35-/m1/s1. The molecule has 2 aliphatic heterocycles. The average molecular weight is 696 g/mol. The van der Waals surface area contributed by atoms with E-state index in [4.69, 9.17) is 9.47 Å². The van der Waals surface area contributed by atoms with Crippen LogP contribution in [0.2, 0.25) is 0 Å². The van der Waals surface area contributed by atoms with Crippen LogP contribution >= 0.6 is 0 Å². The van der Waals surface area contributed by atoms with E-state index in [1.54, 1.807) is 33.0 Å². The first kappa shape index (κ1) is 34.7. The Hall–Kier alpha value is -4.20. The molecule has 0 spiro atoms. The van der Waals surface area contributed by atoms with E-state index >= 15 is 0 Å². The molecule has 14 heteroatoms. The predicted octanol–water partition coefficient (Wildman–Crippen LogP) is 3.12. The molecule has 2 aromatic rings. The van der Waals surface area contributed by atoms with Crippen molar-refractivity contribution in [3.05, 3.63) is 48.7 Å². The van der Waals surface area contributed by atoms with Crippen molar-refractivity contribution >= 4 is 44.7 Å². The summed E-state index contributed by atoms with van der Waals surface area (Å²) in [6, 6.07) is 5.63. The molecule has 4 bridgehead atoms. The summed E-state index contributed by atoms with van der Waals surface area (Å²) in [5, 5.41) is 5.72. The van der Waals surface area contributed by atoms with Crippen molar-refractivity contribution in [2.24, 2.45) is 11.3 Å². The number of benzene rings is 1. The van der Waals surface area contributed by atoms with Gasteiger partial charge in [-0.15, -0.1) is 6.58 Å². The molecular weight excluding hydrogens is 650 g/mol. The number of ether oxygens (including phenoxy) is 2. The number of nitrogens with one attached hydrogen (secondary N) is 3. The van der Waals surface area contributed by atoms with Crippen molar-refractivity contribution in [2.75, 3.05) is 13.2 Å². The number of cyclic esters (lactones) is 1. The minimum absolute atomic E-state index is 0.0177. The lowest BCUT2D eigenvalue weighted by Crippen LogP contribution is -2.60. The number of rotatable bonds is 6. The molecule has 2 saturated carbocycles. The van der Waals surface area contributed by atoms with Crippen LogP contribution in [0, 0.1) is 11.3 Å². The van der Waals surface area contributed by atoms with Gasteiger partial charge < -0.3 is 25.0 Å². The summed E-state index contributed by atoms with van der Waals surface area (Å²) in [5.41, 5.74) is -0.438. The molecule has 4 aliphatic rings. The second-order valence-electron chi connectivity index (χ2n) is 14.7. The number of fused-ring (bicyclic) bond motifs is 3. The molecule has 6 rings (SSSR count). The fourth-order valence-corrected chi connectivity index (χ4v) is 8.11. The van der Waals surface area contributed by atoms with E-state index in [0.717, 1.165) is 35.7 Å². The number of carbonyl (C=O) groups excluding carboxylic acids is 4. The molecule has 2 aliphatic carbocycles. The quantitative estimate of drug-likeness (QED) is 0.384. The van der Waals surface area contributed by atoms with Crippen LogP contribution in [0.1, 0.15) is 71.3 Å². The fraction of sp³-hybridized carbons (Fsp3) is 0.571. The number of alkyl carbamates (subject to hydrolysis) is 1. The summed E-state index contributed by atoms with van der Waals surface area (Å²) in [6.07, 6.45) is 6.20. The first-order valence-corrected chi connectivity index (χ1v) is 18.6. The molecule has 13 nitrogen and oxygen atoms in total. The molecule has 264 valence electrons. The number of nitrogens with zero attached hydrogens (tertiary/aromatic N) is 2. The first-order chi connectivity index (χ1) is 23.2. The van der Waals surface area contributed by atoms with Gasteiger partial charge in [0.2, 0.25) is 21.8 Å². The number of sulfonamides is 1. The molecule has 5 atom stereocenters. The van der Waals surface area contributed by atoms with Gasteiger partial charge in [-0.2, -0.15) is 0 Å². The number of pyridine rings is 1. The maximum absolute atomic E-state index is 14.4. The fourth-order valence-electron chi connectivity index (χ4n) is 6.75. The van der Waals surface area contributed by atoms with E-state index in [0.29, 0.717) is 25.0 Å². The van der Waals surface area contributed by atoms with E-state index < -0.39 is 74.1 Å². The van der Waals surface area contributed by atoms with Crippen molar-refractivity contribution in [3.8, 4) is 5.75 Å². The lowest BCUT2D eigenvalue weighted by Gasteiger charge is -2.35. The molecule has 3 fully saturated rings. The molecular formula is C35H45N5O8S. The van der Waals surface area contributed by atoms with Gasteiger partial charge in [-0.1, -0.05) is 32.9 Å². The van der Waals surface area contributed by atoms with Crippen molar-refractivity contribution in [2.45, 2.75) is 101 Å². The smallest absolute Gasteiger partial charge is 0.407 e. The minimum Gasteiger partial charge on any atom is -0.488 e. The molecule has 0 radical (unpaired) electrons. The normalized spacial score (nSPS) is 28.0. The molecule has 1 aromatic carbocycles. The van der Waals surface area contributed by atoms with Crippen molar-refractivity contribution in [1.82, 2.24) is 25.2 Å². The van der Waals surface area contributed by atoms with Crippen LogP contribution in [-0.2, 0) is 35.6 Å². The summed E-state index contributed by atoms with van der Waals surface area (Å²) < 4.78 is 39.4. The summed E-state index contributed by atoms with van der Waals surface area (Å²) in [4.78, 5) is 60.8. The lowest BCUT2D eigenvalue weighted by molar-refractivity contribution is -0.142. The Kier molecular flexibility index (Phi) is 9.38. The van der Waals surface area contributed by atoms with E-state index in [-0.39, 0.29) is 26.0 Å². The summed E-state index contributed by atoms with van der Waals surface area (Å²) in [7, 11) is -3.88. The molecule has 3 heterocycles. The largest absolute Gasteiger partial charge is 0.488 e. The molecule has 4 amide bonds. The number of hydrogen-bond acceptors (Lipinski definition) is 9. The lowest BCUT2D eigenvalue weighted by atomic mass is 9.85. The van der Waals surface area contributed by atoms with E-state index in [1.165, 1.54) is 11.0 Å². The topological polar surface area (TPSA) is 173 Å². The van der Waals surface area contributed by atoms with Gasteiger partial charge in [-0.25, -0.2) is 13.2 Å². The maximum atomic E-state index is 14.4. The number of aromatic nitrogens is 1. The van der Waals surface area contributed by atoms with Crippen LogP contribution in [0.3, 0.4) is 0 Å². The highest BCUT2D eigenvalue weighted by molar-refractivity contribution is 7.91. The summed E-state index contributed by atoms with van der Waals surface area (Å²) in [6.45, 7) is 9.40. The molecule has 3 N–H and O–H groups in total. The Balaban J connectivity index is 1.32. The zero-order valence-electron chi connectivity index (χ0n) is 28.2. The second kappa shape index (κ2) is 13.3. The van der Waals surface area contributed by atoms with Crippen LogP contribution in [0.4, 0.5) is 4.79 Å². The van der Waals surface area contributed by atoms with Gasteiger partial charge in [0, 0.05) is 23.9 Å². The van der Waals surface area contributed by atoms with Gasteiger partial charge >= 0.3 is 6.09 Å². The van der Waals surface area contributed by atoms with Gasteiger partial charge in [0.05, 0.1) is 23.9 Å². The number of amides is 4. The molecule has 0 unspecified atom stereocenters. The third-order valence-corrected chi connectivity index (χ3v) is 11.7. The van der Waals surface area contributed by atoms with Gasteiger partial charge in [0.25, 0.3) is 5.91 Å². The van der Waals surface area contributed by atoms with Crippen molar-refractivity contribution < 1.29 is 37.1 Å². The van der Waals surface area contributed by atoms with Crippen molar-refractivity contribution in [3.63, 3.8) is 0 Å². The number of hydrogen-bond donors (Lipinski definition) is 3. The average Bonchev–Trinajstić information content (AvgIpc) is 3.97. The second-order valence-corrected chi connectivity index (χ2v) is 16.7. The van der Waals surface area contributed by atoms with Crippen LogP contribution in [0.15, 0.2) is 43.1 Å². The summed E-state index contributed by atoms with van der Waals surface area (Å²) >= 11 is 0. The van der Waals surface area contributed by atoms with E-state index in [2.05, 4.69) is 26.9 Å². The van der Waals surface area contributed by atoms with Crippen LogP contribution in [0.5, 0.6) is 5.75 Å². The Morgan fingerprint density at radius 1 is 1.14 bits per heavy atom. The Morgan fingerprint density at radius 2 is 1.92 bits per heavy atom. The van der Waals surface area contributed by atoms with Gasteiger partial charge in [0.15, 0.2) is 0 Å². The SMILES string of the molecule is C=C[C@@H]1C[C@]1(NC(=O)[C@@H]1C[C@@H]2CN1C(=O)[C@H](C(C)(C)C)NC(=O)OCCCCCc1ccc3nccc(c3c1)O2)C(=O)NS(=O)(=O)C1CC1. The van der Waals surface area contributed by atoms with Crippen LogP contribution < -0.4 is 20.1 Å². The van der Waals surface area contributed by atoms with E-state index in [1.807, 2.05) is 18.2 Å². The Bertz CT molecular complexity index is 1770. The van der Waals surface area contributed by atoms with Crippen molar-refractivity contribution in [1.29, 1.82) is 0 Å². The zero-order chi connectivity index (χ0) is 35.1. The molecule has 1 saturated heterocycles. The maximum Gasteiger partial charge on any atom is 0.407 e. The van der Waals surface area contributed by atoms with Gasteiger partial charge in [0.1, 0.15) is 29.5 Å². The predicted molar refractivity (Wildman–Crippen MR) is 181 cm³/mol. The molecule has 1 aromatic heterocycles. The Morgan fingerprint density at radius 3 is 2.61 bits per heavy atom.